The molecule has 0 radical (unpaired) electrons. The molecule has 0 aliphatic heterocycles. The van der Waals surface area contributed by atoms with E-state index in [9.17, 15) is 4.79 Å². The van der Waals surface area contributed by atoms with Gasteiger partial charge in [-0.15, -0.1) is 0 Å². The van der Waals surface area contributed by atoms with Crippen LogP contribution in [0.15, 0.2) is 18.2 Å². The standard InChI is InChI=1S/C15H22N2OS/c1-10-6-7-13(14(16)8-10)15(18)17-11-4-3-5-12(9-11)19-2/h6-8,11-12H,3-5,9,16H2,1-2H3,(H,17,18). The predicted molar refractivity (Wildman–Crippen MR) is 82.6 cm³/mol. The largest absolute Gasteiger partial charge is 0.398 e. The number of nitrogen functional groups attached to an aromatic ring is 1. The first-order valence-electron chi connectivity index (χ1n) is 6.80. The number of hydrogen-bond acceptors (Lipinski definition) is 3. The number of hydrogen-bond donors (Lipinski definition) is 2. The van der Waals surface area contributed by atoms with Crippen LogP contribution in [0.5, 0.6) is 0 Å². The van der Waals surface area contributed by atoms with E-state index in [1.165, 1.54) is 12.8 Å². The van der Waals surface area contributed by atoms with E-state index >= 15 is 0 Å². The fourth-order valence-corrected chi connectivity index (χ4v) is 3.47. The van der Waals surface area contributed by atoms with Crippen molar-refractivity contribution >= 4 is 23.4 Å². The smallest absolute Gasteiger partial charge is 0.253 e. The van der Waals surface area contributed by atoms with Crippen molar-refractivity contribution in [3.8, 4) is 0 Å². The van der Waals surface area contributed by atoms with Crippen molar-refractivity contribution in [3.05, 3.63) is 29.3 Å². The van der Waals surface area contributed by atoms with Gasteiger partial charge in [-0.3, -0.25) is 4.79 Å². The Morgan fingerprint density at radius 3 is 2.89 bits per heavy atom. The Bertz CT molecular complexity index is 461. The molecule has 0 heterocycles. The lowest BCUT2D eigenvalue weighted by Gasteiger charge is -2.28. The zero-order chi connectivity index (χ0) is 13.8. The molecule has 1 aliphatic rings. The fraction of sp³-hybridized carbons (Fsp3) is 0.533. The van der Waals surface area contributed by atoms with E-state index in [-0.39, 0.29) is 5.91 Å². The van der Waals surface area contributed by atoms with Gasteiger partial charge in [-0.05, 0) is 50.1 Å². The summed E-state index contributed by atoms with van der Waals surface area (Å²) in [4.78, 5) is 12.2. The van der Waals surface area contributed by atoms with Gasteiger partial charge in [0.05, 0.1) is 5.56 Å². The Kier molecular flexibility index (Phi) is 4.75. The maximum Gasteiger partial charge on any atom is 0.253 e. The van der Waals surface area contributed by atoms with Crippen molar-refractivity contribution in [3.63, 3.8) is 0 Å². The van der Waals surface area contributed by atoms with Crippen LogP contribution in [0.4, 0.5) is 5.69 Å². The molecule has 2 atom stereocenters. The molecule has 0 saturated heterocycles. The summed E-state index contributed by atoms with van der Waals surface area (Å²) in [6.07, 6.45) is 6.75. The molecule has 1 aliphatic carbocycles. The first-order chi connectivity index (χ1) is 9.10. The molecule has 1 fully saturated rings. The van der Waals surface area contributed by atoms with E-state index in [1.54, 1.807) is 0 Å². The average molecular weight is 278 g/mol. The van der Waals surface area contributed by atoms with Crippen LogP contribution in [-0.4, -0.2) is 23.5 Å². The lowest BCUT2D eigenvalue weighted by atomic mass is 9.94. The molecule has 1 amide bonds. The van der Waals surface area contributed by atoms with Gasteiger partial charge in [0, 0.05) is 17.0 Å². The Balaban J connectivity index is 2.00. The molecular formula is C15H22N2OS. The molecule has 0 bridgehead atoms. The number of carbonyl (C=O) groups excluding carboxylic acids is 1. The van der Waals surface area contributed by atoms with Gasteiger partial charge in [0.25, 0.3) is 5.91 Å². The van der Waals surface area contributed by atoms with Crippen molar-refractivity contribution in [2.24, 2.45) is 0 Å². The Morgan fingerprint density at radius 1 is 1.42 bits per heavy atom. The van der Waals surface area contributed by atoms with Crippen molar-refractivity contribution < 1.29 is 4.79 Å². The number of nitrogens with one attached hydrogen (secondary N) is 1. The minimum Gasteiger partial charge on any atom is -0.398 e. The number of amides is 1. The lowest BCUT2D eigenvalue weighted by molar-refractivity contribution is 0.0929. The second-order valence-electron chi connectivity index (χ2n) is 5.29. The van der Waals surface area contributed by atoms with E-state index in [1.807, 2.05) is 36.9 Å². The Labute approximate surface area is 119 Å². The highest BCUT2D eigenvalue weighted by molar-refractivity contribution is 7.99. The van der Waals surface area contributed by atoms with Gasteiger partial charge in [-0.25, -0.2) is 0 Å². The number of nitrogens with two attached hydrogens (primary N) is 1. The predicted octanol–water partition coefficient (Wildman–Crippen LogP) is 2.98. The van der Waals surface area contributed by atoms with Crippen LogP contribution in [0, 0.1) is 6.92 Å². The third kappa shape index (κ3) is 3.66. The van der Waals surface area contributed by atoms with Crippen LogP contribution in [0.2, 0.25) is 0 Å². The van der Waals surface area contributed by atoms with Crippen molar-refractivity contribution in [2.75, 3.05) is 12.0 Å². The molecule has 4 heteroatoms. The summed E-state index contributed by atoms with van der Waals surface area (Å²) in [7, 11) is 0. The number of rotatable bonds is 3. The van der Waals surface area contributed by atoms with Gasteiger partial charge in [0.2, 0.25) is 0 Å². The summed E-state index contributed by atoms with van der Waals surface area (Å²) in [5, 5.41) is 3.80. The maximum atomic E-state index is 12.2. The molecule has 19 heavy (non-hydrogen) atoms. The molecule has 1 saturated carbocycles. The Hall–Kier alpha value is -1.16. The van der Waals surface area contributed by atoms with E-state index in [2.05, 4.69) is 11.6 Å². The van der Waals surface area contributed by atoms with E-state index in [4.69, 9.17) is 5.73 Å². The monoisotopic (exact) mass is 278 g/mol. The summed E-state index contributed by atoms with van der Waals surface area (Å²) in [5.74, 6) is -0.0377. The van der Waals surface area contributed by atoms with Crippen LogP contribution in [0.25, 0.3) is 0 Å². The third-order valence-corrected chi connectivity index (χ3v) is 4.84. The van der Waals surface area contributed by atoms with Crippen molar-refractivity contribution in [1.29, 1.82) is 0 Å². The van der Waals surface area contributed by atoms with Crippen LogP contribution >= 0.6 is 11.8 Å². The molecule has 0 aromatic heterocycles. The van der Waals surface area contributed by atoms with Crippen LogP contribution in [-0.2, 0) is 0 Å². The minimum atomic E-state index is -0.0377. The number of thioether (sulfide) groups is 1. The third-order valence-electron chi connectivity index (χ3n) is 3.75. The molecule has 1 aromatic carbocycles. The highest BCUT2D eigenvalue weighted by Gasteiger charge is 2.23. The average Bonchev–Trinajstić information content (AvgIpc) is 2.38. The highest BCUT2D eigenvalue weighted by Crippen LogP contribution is 2.27. The van der Waals surface area contributed by atoms with Gasteiger partial charge in [-0.2, -0.15) is 11.8 Å². The number of aryl methyl sites for hydroxylation is 1. The molecule has 104 valence electrons. The molecule has 3 nitrogen and oxygen atoms in total. The quantitative estimate of drug-likeness (QED) is 0.836. The van der Waals surface area contributed by atoms with Crippen LogP contribution < -0.4 is 11.1 Å². The molecule has 1 aromatic rings. The number of carbonyl (C=O) groups is 1. The SMILES string of the molecule is CSC1CCCC(NC(=O)c2ccc(C)cc2N)C1. The summed E-state index contributed by atoms with van der Waals surface area (Å²) in [5.41, 5.74) is 8.15. The van der Waals surface area contributed by atoms with Gasteiger partial charge >= 0.3 is 0 Å². The molecule has 2 unspecified atom stereocenters. The summed E-state index contributed by atoms with van der Waals surface area (Å²) in [6.45, 7) is 1.97. The normalized spacial score (nSPS) is 23.1. The molecular weight excluding hydrogens is 256 g/mol. The van der Waals surface area contributed by atoms with E-state index < -0.39 is 0 Å². The first kappa shape index (κ1) is 14.3. The van der Waals surface area contributed by atoms with Gasteiger partial charge in [0.1, 0.15) is 0 Å². The summed E-state index contributed by atoms with van der Waals surface area (Å²) >= 11 is 1.90. The van der Waals surface area contributed by atoms with Gasteiger partial charge < -0.3 is 11.1 Å². The number of benzene rings is 1. The van der Waals surface area contributed by atoms with E-state index in [0.29, 0.717) is 22.5 Å². The maximum absolute atomic E-state index is 12.2. The second-order valence-corrected chi connectivity index (χ2v) is 6.42. The second kappa shape index (κ2) is 6.33. The Morgan fingerprint density at radius 2 is 2.21 bits per heavy atom. The lowest BCUT2D eigenvalue weighted by Crippen LogP contribution is -2.39. The molecule has 3 N–H and O–H groups in total. The summed E-state index contributed by atoms with van der Waals surface area (Å²) < 4.78 is 0. The van der Waals surface area contributed by atoms with Crippen LogP contribution in [0.3, 0.4) is 0 Å². The zero-order valence-corrected chi connectivity index (χ0v) is 12.4. The van der Waals surface area contributed by atoms with Gasteiger partial charge in [-0.1, -0.05) is 12.5 Å². The number of anilines is 1. The van der Waals surface area contributed by atoms with E-state index in [0.717, 1.165) is 18.4 Å². The highest BCUT2D eigenvalue weighted by atomic mass is 32.2. The van der Waals surface area contributed by atoms with Gasteiger partial charge in [0.15, 0.2) is 0 Å². The summed E-state index contributed by atoms with van der Waals surface area (Å²) in [6, 6.07) is 5.88. The topological polar surface area (TPSA) is 55.1 Å². The first-order valence-corrected chi connectivity index (χ1v) is 8.08. The minimum absolute atomic E-state index is 0.0377. The van der Waals surface area contributed by atoms with Crippen LogP contribution in [0.1, 0.15) is 41.6 Å². The molecule has 0 spiro atoms. The fourth-order valence-electron chi connectivity index (χ4n) is 2.64. The van der Waals surface area contributed by atoms with Crippen molar-refractivity contribution in [1.82, 2.24) is 5.32 Å². The van der Waals surface area contributed by atoms with Crippen molar-refractivity contribution in [2.45, 2.75) is 43.9 Å². The zero-order valence-electron chi connectivity index (χ0n) is 11.6. The molecule has 2 rings (SSSR count).